The number of carbonyl (C=O) groups excluding carboxylic acids is 2. The summed E-state index contributed by atoms with van der Waals surface area (Å²) in [6.45, 7) is 0.925. The lowest BCUT2D eigenvalue weighted by Gasteiger charge is -2.40. The molecule has 33 heavy (non-hydrogen) atoms. The summed E-state index contributed by atoms with van der Waals surface area (Å²) in [4.78, 5) is 30.2. The predicted molar refractivity (Wildman–Crippen MR) is 109 cm³/mol. The van der Waals surface area contributed by atoms with Crippen molar-refractivity contribution in [3.63, 3.8) is 0 Å². The molecule has 2 unspecified atom stereocenters. The smallest absolute Gasteiger partial charge is 0.380 e. The Morgan fingerprint density at radius 1 is 1.33 bits per heavy atom. The number of alkyl halides is 3. The van der Waals surface area contributed by atoms with Crippen LogP contribution in [0, 0.1) is 0 Å². The van der Waals surface area contributed by atoms with Crippen LogP contribution in [0.2, 0.25) is 0 Å². The van der Waals surface area contributed by atoms with Gasteiger partial charge in [0.15, 0.2) is 23.1 Å². The monoisotopic (exact) mass is 465 g/mol. The van der Waals surface area contributed by atoms with E-state index in [4.69, 9.17) is 15.0 Å². The van der Waals surface area contributed by atoms with Crippen LogP contribution < -0.4 is 16.0 Å². The van der Waals surface area contributed by atoms with Crippen molar-refractivity contribution in [2.24, 2.45) is 0 Å². The molecule has 13 heteroatoms. The number of aromatic nitrogens is 2. The van der Waals surface area contributed by atoms with Crippen molar-refractivity contribution in [3.8, 4) is 0 Å². The van der Waals surface area contributed by atoms with Crippen LogP contribution in [0.1, 0.15) is 12.6 Å². The lowest BCUT2D eigenvalue weighted by Crippen LogP contribution is -2.63. The van der Waals surface area contributed by atoms with E-state index in [1.807, 2.05) is 0 Å². The van der Waals surface area contributed by atoms with Crippen LogP contribution in [0.25, 0.3) is 11.0 Å². The summed E-state index contributed by atoms with van der Waals surface area (Å²) in [6, 6.07) is 7.58. The van der Waals surface area contributed by atoms with Crippen LogP contribution in [0.3, 0.4) is 0 Å². The molecule has 1 aliphatic heterocycles. The van der Waals surface area contributed by atoms with Gasteiger partial charge in [0.05, 0.1) is 18.5 Å². The number of ether oxygens (including phenoxy) is 1. The van der Waals surface area contributed by atoms with Gasteiger partial charge in [0.2, 0.25) is 0 Å². The molecule has 2 aromatic heterocycles. The summed E-state index contributed by atoms with van der Waals surface area (Å²) in [5.74, 6) is -2.00. The van der Waals surface area contributed by atoms with E-state index in [9.17, 15) is 27.9 Å². The second-order valence-corrected chi connectivity index (χ2v) is 7.46. The van der Waals surface area contributed by atoms with Gasteiger partial charge in [0.25, 0.3) is 11.8 Å². The minimum Gasteiger partial charge on any atom is -0.380 e. The van der Waals surface area contributed by atoms with Crippen LogP contribution in [0.4, 0.5) is 30.5 Å². The average molecular weight is 465 g/mol. The number of amides is 2. The summed E-state index contributed by atoms with van der Waals surface area (Å²) in [5.41, 5.74) is 2.91. The molecule has 4 N–H and O–H groups in total. The normalized spacial score (nSPS) is 20.2. The number of benzene rings is 1. The first kappa shape index (κ1) is 22.5. The standard InChI is InChI=1S/C20H18F3N5O5/c1-19(15(29)17(30)25-10-5-6-11-12(9-10)33-27-16(11)24)18(31)28(7-8-32-19)14-4-2-3-13(26-14)20(21,22)23/h2-6,9,15,29H,7-8H2,1H3,(H2,24,27)(H,25,30). The highest BCUT2D eigenvalue weighted by molar-refractivity contribution is 6.06. The second kappa shape index (κ2) is 8.01. The maximum absolute atomic E-state index is 13.1. The van der Waals surface area contributed by atoms with Gasteiger partial charge in [-0.25, -0.2) is 4.98 Å². The van der Waals surface area contributed by atoms with Crippen LogP contribution in [0.15, 0.2) is 40.9 Å². The number of morpholine rings is 1. The van der Waals surface area contributed by atoms with Crippen LogP contribution in [-0.2, 0) is 20.5 Å². The summed E-state index contributed by atoms with van der Waals surface area (Å²) >= 11 is 0. The molecule has 0 saturated carbocycles. The number of anilines is 3. The van der Waals surface area contributed by atoms with Gasteiger partial charge in [-0.05, 0) is 31.2 Å². The molecular weight excluding hydrogens is 447 g/mol. The van der Waals surface area contributed by atoms with Gasteiger partial charge >= 0.3 is 6.18 Å². The number of hydrogen-bond donors (Lipinski definition) is 3. The van der Waals surface area contributed by atoms with Crippen LogP contribution in [0.5, 0.6) is 0 Å². The molecular formula is C20H18F3N5O5. The number of nitrogens with one attached hydrogen (secondary N) is 1. The minimum absolute atomic E-state index is 0.110. The molecule has 0 aliphatic carbocycles. The van der Waals surface area contributed by atoms with Gasteiger partial charge in [-0.15, -0.1) is 0 Å². The largest absolute Gasteiger partial charge is 0.433 e. The molecule has 1 saturated heterocycles. The maximum atomic E-state index is 13.1. The molecule has 3 heterocycles. The molecule has 0 radical (unpaired) electrons. The Morgan fingerprint density at radius 2 is 2.09 bits per heavy atom. The van der Waals surface area contributed by atoms with Crippen molar-refractivity contribution in [2.45, 2.75) is 24.8 Å². The van der Waals surface area contributed by atoms with Gasteiger partial charge in [-0.2, -0.15) is 13.2 Å². The number of carbonyl (C=O) groups is 2. The first-order valence-corrected chi connectivity index (χ1v) is 9.65. The third-order valence-electron chi connectivity index (χ3n) is 5.23. The Bertz CT molecular complexity index is 1230. The third kappa shape index (κ3) is 4.07. The van der Waals surface area contributed by atoms with E-state index < -0.39 is 35.4 Å². The molecule has 1 fully saturated rings. The van der Waals surface area contributed by atoms with E-state index in [1.165, 1.54) is 25.1 Å². The summed E-state index contributed by atoms with van der Waals surface area (Å²) in [7, 11) is 0. The Hall–Kier alpha value is -3.71. The third-order valence-corrected chi connectivity index (χ3v) is 5.23. The molecule has 10 nitrogen and oxygen atoms in total. The number of hydrogen-bond acceptors (Lipinski definition) is 8. The fraction of sp³-hybridized carbons (Fsp3) is 0.300. The fourth-order valence-electron chi connectivity index (χ4n) is 3.42. The molecule has 2 atom stereocenters. The highest BCUT2D eigenvalue weighted by atomic mass is 19.4. The predicted octanol–water partition coefficient (Wildman–Crippen LogP) is 1.95. The van der Waals surface area contributed by atoms with Gasteiger partial charge in [0.1, 0.15) is 11.5 Å². The minimum atomic E-state index is -4.71. The number of rotatable bonds is 4. The molecule has 3 aromatic rings. The highest BCUT2D eigenvalue weighted by Gasteiger charge is 2.51. The summed E-state index contributed by atoms with van der Waals surface area (Å²) in [6.07, 6.45) is -6.70. The number of halogens is 3. The Morgan fingerprint density at radius 3 is 2.82 bits per heavy atom. The van der Waals surface area contributed by atoms with E-state index in [-0.39, 0.29) is 36.1 Å². The zero-order valence-corrected chi connectivity index (χ0v) is 17.1. The van der Waals surface area contributed by atoms with E-state index in [0.29, 0.717) is 5.39 Å². The van der Waals surface area contributed by atoms with Crippen molar-refractivity contribution >= 4 is 40.1 Å². The van der Waals surface area contributed by atoms with E-state index in [2.05, 4.69) is 15.5 Å². The summed E-state index contributed by atoms with van der Waals surface area (Å²) in [5, 5.41) is 17.2. The number of pyridine rings is 1. The van der Waals surface area contributed by atoms with Crippen molar-refractivity contribution < 1.29 is 37.1 Å². The van der Waals surface area contributed by atoms with Crippen molar-refractivity contribution in [2.75, 3.05) is 29.1 Å². The topological polar surface area (TPSA) is 144 Å². The lowest BCUT2D eigenvalue weighted by molar-refractivity contribution is -0.170. The first-order chi connectivity index (χ1) is 15.5. The molecule has 2 amide bonds. The number of nitrogens with zero attached hydrogens (tertiary/aromatic N) is 3. The molecule has 4 rings (SSSR count). The highest BCUT2D eigenvalue weighted by Crippen LogP contribution is 2.32. The SMILES string of the molecule is CC1(C(O)C(=O)Nc2ccc3c(N)noc3c2)OCCN(c2cccc(C(F)(F)F)n2)C1=O. The Labute approximate surface area is 184 Å². The van der Waals surface area contributed by atoms with Crippen molar-refractivity contribution in [1.82, 2.24) is 10.1 Å². The number of nitrogen functional groups attached to an aromatic ring is 1. The number of fused-ring (bicyclic) bond motifs is 1. The summed E-state index contributed by atoms with van der Waals surface area (Å²) < 4.78 is 49.5. The van der Waals surface area contributed by atoms with Crippen molar-refractivity contribution in [1.29, 1.82) is 0 Å². The van der Waals surface area contributed by atoms with Gasteiger partial charge in [-0.1, -0.05) is 11.2 Å². The molecule has 174 valence electrons. The quantitative estimate of drug-likeness (QED) is 0.530. The van der Waals surface area contributed by atoms with Crippen molar-refractivity contribution in [3.05, 3.63) is 42.1 Å². The van der Waals surface area contributed by atoms with Crippen LogP contribution >= 0.6 is 0 Å². The molecule has 1 aliphatic rings. The second-order valence-electron chi connectivity index (χ2n) is 7.46. The zero-order valence-electron chi connectivity index (χ0n) is 17.1. The number of aliphatic hydroxyl groups excluding tert-OH is 1. The lowest BCUT2D eigenvalue weighted by atomic mass is 9.94. The van der Waals surface area contributed by atoms with Crippen LogP contribution in [-0.4, -0.2) is 51.9 Å². The number of aliphatic hydroxyl groups is 1. The zero-order chi connectivity index (χ0) is 24.0. The maximum Gasteiger partial charge on any atom is 0.433 e. The molecule has 0 bridgehead atoms. The average Bonchev–Trinajstić information content (AvgIpc) is 3.14. The van der Waals surface area contributed by atoms with Gasteiger partial charge in [-0.3, -0.25) is 14.5 Å². The Balaban J connectivity index is 1.55. The number of nitrogens with two attached hydrogens (primary N) is 1. The van der Waals surface area contributed by atoms with Gasteiger partial charge < -0.3 is 25.4 Å². The fourth-order valence-corrected chi connectivity index (χ4v) is 3.42. The Kier molecular flexibility index (Phi) is 5.46. The van der Waals surface area contributed by atoms with E-state index in [0.717, 1.165) is 17.0 Å². The van der Waals surface area contributed by atoms with E-state index >= 15 is 0 Å². The molecule has 0 spiro atoms. The van der Waals surface area contributed by atoms with E-state index in [1.54, 1.807) is 6.07 Å². The van der Waals surface area contributed by atoms with Gasteiger partial charge in [0, 0.05) is 11.8 Å². The molecule has 1 aromatic carbocycles. The first-order valence-electron chi connectivity index (χ1n) is 9.65.